The third-order valence-electron chi connectivity index (χ3n) is 5.17. The Labute approximate surface area is 204 Å². The summed E-state index contributed by atoms with van der Waals surface area (Å²) >= 11 is 0. The van der Waals surface area contributed by atoms with E-state index in [0.717, 1.165) is 27.9 Å². The van der Waals surface area contributed by atoms with Crippen molar-refractivity contribution in [1.29, 1.82) is 0 Å². The molecule has 3 aromatic rings. The van der Waals surface area contributed by atoms with Crippen molar-refractivity contribution >= 4 is 29.6 Å². The standard InChI is InChI=1S/C27H28N4O4/c1-18-11-13-21(14-12-18)15-28-26(33)27(34)31-29-16-22-9-4-5-10-23(22)35-17-24(32)30-25-19(2)7-6-8-20(25)3/h4-14,16H,15,17H2,1-3H3,(H,28,33)(H,30,32)(H,31,34)/b29-16-. The SMILES string of the molecule is Cc1ccc(CNC(=O)C(=O)N/N=C\c2ccccc2OCC(=O)Nc2c(C)cccc2C)cc1. The fourth-order valence-electron chi connectivity index (χ4n) is 3.23. The summed E-state index contributed by atoms with van der Waals surface area (Å²) in [6.45, 7) is 5.85. The predicted molar refractivity (Wildman–Crippen MR) is 135 cm³/mol. The first-order valence-electron chi connectivity index (χ1n) is 11.1. The molecular formula is C27H28N4O4. The molecule has 8 heteroatoms. The molecule has 35 heavy (non-hydrogen) atoms. The third kappa shape index (κ3) is 7.53. The molecule has 0 aromatic heterocycles. The van der Waals surface area contributed by atoms with E-state index < -0.39 is 11.8 Å². The first kappa shape index (κ1) is 25.2. The monoisotopic (exact) mass is 472 g/mol. The Kier molecular flexibility index (Phi) is 8.72. The number of carbonyl (C=O) groups is 3. The molecule has 0 bridgehead atoms. The second-order valence-corrected chi connectivity index (χ2v) is 8.01. The molecule has 0 radical (unpaired) electrons. The molecule has 0 saturated carbocycles. The minimum atomic E-state index is -0.889. The van der Waals surface area contributed by atoms with Crippen LogP contribution in [0.15, 0.2) is 71.8 Å². The van der Waals surface area contributed by atoms with Crippen molar-refractivity contribution < 1.29 is 19.1 Å². The molecule has 0 fully saturated rings. The van der Waals surface area contributed by atoms with Gasteiger partial charge in [0, 0.05) is 17.8 Å². The van der Waals surface area contributed by atoms with Gasteiger partial charge in [-0.2, -0.15) is 5.10 Å². The largest absolute Gasteiger partial charge is 0.483 e. The molecule has 0 spiro atoms. The van der Waals surface area contributed by atoms with Gasteiger partial charge in [-0.05, 0) is 49.6 Å². The molecule has 180 valence electrons. The lowest BCUT2D eigenvalue weighted by molar-refractivity contribution is -0.139. The number of benzene rings is 3. The van der Waals surface area contributed by atoms with E-state index in [1.807, 2.05) is 63.2 Å². The van der Waals surface area contributed by atoms with Crippen LogP contribution in [0.2, 0.25) is 0 Å². The summed E-state index contributed by atoms with van der Waals surface area (Å²) in [5, 5.41) is 9.25. The van der Waals surface area contributed by atoms with E-state index in [1.54, 1.807) is 24.3 Å². The highest BCUT2D eigenvalue weighted by molar-refractivity contribution is 6.35. The molecule has 3 rings (SSSR count). The van der Waals surface area contributed by atoms with Crippen LogP contribution in [0.1, 0.15) is 27.8 Å². The molecule has 3 aromatic carbocycles. The summed E-state index contributed by atoms with van der Waals surface area (Å²) in [7, 11) is 0. The van der Waals surface area contributed by atoms with Gasteiger partial charge in [-0.25, -0.2) is 5.43 Å². The van der Waals surface area contributed by atoms with Crippen molar-refractivity contribution in [1.82, 2.24) is 10.7 Å². The highest BCUT2D eigenvalue weighted by Crippen LogP contribution is 2.20. The summed E-state index contributed by atoms with van der Waals surface area (Å²) in [5.74, 6) is -1.58. The van der Waals surface area contributed by atoms with Crippen LogP contribution in [0, 0.1) is 20.8 Å². The van der Waals surface area contributed by atoms with Gasteiger partial charge >= 0.3 is 11.8 Å². The lowest BCUT2D eigenvalue weighted by Gasteiger charge is -2.13. The minimum Gasteiger partial charge on any atom is -0.483 e. The summed E-state index contributed by atoms with van der Waals surface area (Å²) in [6.07, 6.45) is 1.35. The Balaban J connectivity index is 1.51. The van der Waals surface area contributed by atoms with E-state index in [4.69, 9.17) is 4.74 Å². The number of rotatable bonds is 8. The van der Waals surface area contributed by atoms with Crippen molar-refractivity contribution in [3.05, 3.63) is 94.5 Å². The van der Waals surface area contributed by atoms with E-state index in [0.29, 0.717) is 11.3 Å². The van der Waals surface area contributed by atoms with E-state index in [2.05, 4.69) is 21.2 Å². The molecular weight excluding hydrogens is 444 g/mol. The molecule has 0 aliphatic carbocycles. The van der Waals surface area contributed by atoms with Crippen LogP contribution in [0.4, 0.5) is 5.69 Å². The second kappa shape index (κ2) is 12.1. The molecule has 3 amide bonds. The average molecular weight is 473 g/mol. The molecule has 0 heterocycles. The van der Waals surface area contributed by atoms with E-state index >= 15 is 0 Å². The van der Waals surface area contributed by atoms with Gasteiger partial charge in [0.05, 0.1) is 6.21 Å². The van der Waals surface area contributed by atoms with E-state index in [9.17, 15) is 14.4 Å². The van der Waals surface area contributed by atoms with Crippen molar-refractivity contribution in [2.75, 3.05) is 11.9 Å². The average Bonchev–Trinajstić information content (AvgIpc) is 2.85. The Bertz CT molecular complexity index is 1220. The van der Waals surface area contributed by atoms with Crippen LogP contribution < -0.4 is 20.8 Å². The maximum Gasteiger partial charge on any atom is 0.329 e. The number of hydrogen-bond donors (Lipinski definition) is 3. The van der Waals surface area contributed by atoms with Crippen LogP contribution in [0.5, 0.6) is 5.75 Å². The fourth-order valence-corrected chi connectivity index (χ4v) is 3.23. The molecule has 3 N–H and O–H groups in total. The Hall–Kier alpha value is -4.46. The number of nitrogens with zero attached hydrogens (tertiary/aromatic N) is 1. The van der Waals surface area contributed by atoms with Crippen LogP contribution in [0.25, 0.3) is 0 Å². The van der Waals surface area contributed by atoms with Gasteiger partial charge in [-0.3, -0.25) is 14.4 Å². The molecule has 0 saturated heterocycles. The van der Waals surface area contributed by atoms with Crippen LogP contribution in [0.3, 0.4) is 0 Å². The highest BCUT2D eigenvalue weighted by atomic mass is 16.5. The lowest BCUT2D eigenvalue weighted by Crippen LogP contribution is -2.37. The van der Waals surface area contributed by atoms with Gasteiger partial charge in [-0.1, -0.05) is 60.2 Å². The normalized spacial score (nSPS) is 10.6. The smallest absolute Gasteiger partial charge is 0.329 e. The molecule has 0 unspecified atom stereocenters. The van der Waals surface area contributed by atoms with Gasteiger partial charge < -0.3 is 15.4 Å². The third-order valence-corrected chi connectivity index (χ3v) is 5.17. The number of hydrogen-bond acceptors (Lipinski definition) is 5. The first-order valence-corrected chi connectivity index (χ1v) is 11.1. The van der Waals surface area contributed by atoms with Gasteiger partial charge in [0.25, 0.3) is 5.91 Å². The minimum absolute atomic E-state index is 0.202. The van der Waals surface area contributed by atoms with Crippen molar-refractivity contribution in [3.63, 3.8) is 0 Å². The topological polar surface area (TPSA) is 109 Å². The molecule has 8 nitrogen and oxygen atoms in total. The molecule has 0 atom stereocenters. The highest BCUT2D eigenvalue weighted by Gasteiger charge is 2.12. The fraction of sp³-hybridized carbons (Fsp3) is 0.185. The maximum atomic E-state index is 12.4. The van der Waals surface area contributed by atoms with Gasteiger partial charge in [0.15, 0.2) is 6.61 Å². The predicted octanol–water partition coefficient (Wildman–Crippen LogP) is 3.40. The quantitative estimate of drug-likeness (QED) is 0.265. The number of anilines is 1. The first-order chi connectivity index (χ1) is 16.8. The van der Waals surface area contributed by atoms with Gasteiger partial charge in [0.2, 0.25) is 0 Å². The summed E-state index contributed by atoms with van der Waals surface area (Å²) < 4.78 is 5.66. The summed E-state index contributed by atoms with van der Waals surface area (Å²) in [6, 6.07) is 20.3. The maximum absolute atomic E-state index is 12.4. The van der Waals surface area contributed by atoms with E-state index in [1.165, 1.54) is 6.21 Å². The zero-order valence-electron chi connectivity index (χ0n) is 19.9. The number of para-hydroxylation sites is 2. The zero-order valence-corrected chi connectivity index (χ0v) is 19.9. The van der Waals surface area contributed by atoms with Crippen molar-refractivity contribution in [3.8, 4) is 5.75 Å². The number of nitrogens with one attached hydrogen (secondary N) is 3. The van der Waals surface area contributed by atoms with Crippen LogP contribution >= 0.6 is 0 Å². The summed E-state index contributed by atoms with van der Waals surface area (Å²) in [4.78, 5) is 36.4. The van der Waals surface area contributed by atoms with Gasteiger partial charge in [-0.15, -0.1) is 0 Å². The Morgan fingerprint density at radius 1 is 0.857 bits per heavy atom. The lowest BCUT2D eigenvalue weighted by atomic mass is 10.1. The van der Waals surface area contributed by atoms with Crippen LogP contribution in [-0.2, 0) is 20.9 Å². The summed E-state index contributed by atoms with van der Waals surface area (Å²) in [5.41, 5.74) is 7.41. The number of aryl methyl sites for hydroxylation is 3. The molecule has 0 aliphatic rings. The number of carbonyl (C=O) groups excluding carboxylic acids is 3. The Morgan fingerprint density at radius 2 is 1.54 bits per heavy atom. The van der Waals surface area contributed by atoms with Gasteiger partial charge in [0.1, 0.15) is 5.75 Å². The Morgan fingerprint density at radius 3 is 2.26 bits per heavy atom. The number of amides is 3. The van der Waals surface area contributed by atoms with Crippen molar-refractivity contribution in [2.24, 2.45) is 5.10 Å². The number of hydrazone groups is 1. The molecule has 0 aliphatic heterocycles. The number of ether oxygens (including phenoxy) is 1. The van der Waals surface area contributed by atoms with Crippen LogP contribution in [-0.4, -0.2) is 30.5 Å². The zero-order chi connectivity index (χ0) is 25.2. The van der Waals surface area contributed by atoms with E-state index in [-0.39, 0.29) is 19.1 Å². The second-order valence-electron chi connectivity index (χ2n) is 8.01. The van der Waals surface area contributed by atoms with Crippen molar-refractivity contribution in [2.45, 2.75) is 27.3 Å².